The van der Waals surface area contributed by atoms with Gasteiger partial charge in [0.15, 0.2) is 17.5 Å². The number of rotatable bonds is 6. The van der Waals surface area contributed by atoms with E-state index in [-0.39, 0.29) is 0 Å². The Morgan fingerprint density at radius 3 is 1.26 bits per heavy atom. The summed E-state index contributed by atoms with van der Waals surface area (Å²) >= 11 is 0. The topological polar surface area (TPSA) is 51.6 Å². The van der Waals surface area contributed by atoms with Crippen LogP contribution in [0, 0.1) is 0 Å². The molecule has 0 amide bonds. The van der Waals surface area contributed by atoms with Crippen LogP contribution in [-0.4, -0.2) is 19.9 Å². The fourth-order valence-corrected chi connectivity index (χ4v) is 9.88. The van der Waals surface area contributed by atoms with Crippen LogP contribution < -0.4 is 0 Å². The molecule has 0 spiro atoms. The molecule has 4 nitrogen and oxygen atoms in total. The van der Waals surface area contributed by atoms with E-state index < -0.39 is 0 Å². The van der Waals surface area contributed by atoms with Crippen molar-refractivity contribution in [2.45, 2.75) is 0 Å². The van der Waals surface area contributed by atoms with Crippen molar-refractivity contribution in [1.82, 2.24) is 19.9 Å². The minimum atomic E-state index is 0.615. The molecule has 0 bridgehead atoms. The zero-order valence-corrected chi connectivity index (χ0v) is 33.4. The first kappa shape index (κ1) is 34.5. The molecule has 9 aromatic carbocycles. The minimum absolute atomic E-state index is 0.615. The third-order valence-electron chi connectivity index (χ3n) is 12.7. The Hall–Kier alpha value is -8.34. The van der Waals surface area contributed by atoms with Gasteiger partial charge in [-0.2, -0.15) is 0 Å². The molecule has 0 saturated heterocycles. The quantitative estimate of drug-likeness (QED) is 0.168. The van der Waals surface area contributed by atoms with Crippen molar-refractivity contribution < 1.29 is 0 Å². The molecule has 13 rings (SSSR count). The highest BCUT2D eigenvalue weighted by Gasteiger charge is 2.27. The molecule has 0 N–H and O–H groups in total. The Balaban J connectivity index is 1.07. The van der Waals surface area contributed by atoms with Crippen molar-refractivity contribution in [3.8, 4) is 112 Å². The molecule has 0 unspecified atom stereocenters. The Morgan fingerprint density at radius 1 is 0.258 bits per heavy atom. The lowest BCUT2D eigenvalue weighted by atomic mass is 9.87. The van der Waals surface area contributed by atoms with Gasteiger partial charge < -0.3 is 0 Å². The zero-order valence-electron chi connectivity index (χ0n) is 33.4. The normalized spacial score (nSPS) is 11.9. The summed E-state index contributed by atoms with van der Waals surface area (Å²) in [5.41, 5.74) is 19.6. The first-order chi connectivity index (χ1) is 30.7. The lowest BCUT2D eigenvalue weighted by Gasteiger charge is -2.17. The van der Waals surface area contributed by atoms with E-state index in [9.17, 15) is 0 Å². The van der Waals surface area contributed by atoms with Gasteiger partial charge in [0.05, 0.1) is 0 Å². The lowest BCUT2D eigenvalue weighted by molar-refractivity contribution is 1.07. The highest BCUT2D eigenvalue weighted by Crippen LogP contribution is 2.54. The molecule has 0 atom stereocenters. The molecule has 2 aliphatic rings. The average molecular weight is 787 g/mol. The van der Waals surface area contributed by atoms with Gasteiger partial charge in [-0.3, -0.25) is 4.98 Å². The third kappa shape index (κ3) is 5.33. The maximum Gasteiger partial charge on any atom is 0.164 e. The zero-order chi connectivity index (χ0) is 40.7. The van der Waals surface area contributed by atoms with Crippen LogP contribution in [0.3, 0.4) is 0 Å². The van der Waals surface area contributed by atoms with Crippen LogP contribution in [0.4, 0.5) is 0 Å². The van der Waals surface area contributed by atoms with Gasteiger partial charge in [0, 0.05) is 29.1 Å². The monoisotopic (exact) mass is 786 g/mol. The van der Waals surface area contributed by atoms with E-state index in [2.05, 4.69) is 175 Å². The number of pyridine rings is 1. The first-order valence-corrected chi connectivity index (χ1v) is 21.0. The predicted octanol–water partition coefficient (Wildman–Crippen LogP) is 14.9. The van der Waals surface area contributed by atoms with Gasteiger partial charge in [-0.15, -0.1) is 0 Å². The largest absolute Gasteiger partial charge is 0.264 e. The molecule has 2 heterocycles. The van der Waals surface area contributed by atoms with Crippen LogP contribution in [0.2, 0.25) is 0 Å². The van der Waals surface area contributed by atoms with E-state index in [0.29, 0.717) is 17.5 Å². The summed E-state index contributed by atoms with van der Waals surface area (Å²) in [4.78, 5) is 20.0. The Bertz CT molecular complexity index is 3460. The van der Waals surface area contributed by atoms with Gasteiger partial charge in [0.2, 0.25) is 0 Å². The van der Waals surface area contributed by atoms with Gasteiger partial charge in [-0.05, 0) is 124 Å². The molecule has 2 aromatic heterocycles. The van der Waals surface area contributed by atoms with Gasteiger partial charge in [0.1, 0.15) is 0 Å². The maximum absolute atomic E-state index is 5.31. The molecule has 0 fully saturated rings. The van der Waals surface area contributed by atoms with Gasteiger partial charge >= 0.3 is 0 Å². The van der Waals surface area contributed by atoms with E-state index in [1.165, 1.54) is 77.2 Å². The van der Waals surface area contributed by atoms with Crippen LogP contribution >= 0.6 is 0 Å². The first-order valence-electron chi connectivity index (χ1n) is 21.0. The number of hydrogen-bond donors (Lipinski definition) is 0. The van der Waals surface area contributed by atoms with Crippen LogP contribution in [0.1, 0.15) is 0 Å². The number of benzene rings is 9. The van der Waals surface area contributed by atoms with Gasteiger partial charge in [-0.1, -0.05) is 170 Å². The van der Waals surface area contributed by atoms with Crippen LogP contribution in [0.15, 0.2) is 207 Å². The van der Waals surface area contributed by atoms with E-state index in [1.807, 2.05) is 30.5 Å². The summed E-state index contributed by atoms with van der Waals surface area (Å²) in [6, 6.07) is 69.7. The highest BCUT2D eigenvalue weighted by molar-refractivity contribution is 6.21. The summed E-state index contributed by atoms with van der Waals surface area (Å²) in [5, 5.41) is 5.07. The second-order valence-electron chi connectivity index (χ2n) is 16.2. The molecule has 62 heavy (non-hydrogen) atoms. The van der Waals surface area contributed by atoms with Crippen LogP contribution in [0.25, 0.3) is 134 Å². The fraction of sp³-hybridized carbons (Fsp3) is 0. The average Bonchev–Trinajstić information content (AvgIpc) is 3.87. The minimum Gasteiger partial charge on any atom is -0.264 e. The smallest absolute Gasteiger partial charge is 0.164 e. The van der Waals surface area contributed by atoms with Crippen LogP contribution in [0.5, 0.6) is 0 Å². The number of fused-ring (bicyclic) bond motifs is 6. The second-order valence-corrected chi connectivity index (χ2v) is 16.2. The van der Waals surface area contributed by atoms with Gasteiger partial charge in [-0.25, -0.2) is 15.0 Å². The molecule has 0 saturated carbocycles. The Kier molecular flexibility index (Phi) is 7.57. The highest BCUT2D eigenvalue weighted by atomic mass is 15.0. The SMILES string of the molecule is c1ccc(-c2nc(-c3ccc(-c4cccnc4)cc3)nc(-c3cc(-c4ccc5cccc6c5c4-c4ccccc4-6)cc(-c4ccc5cccc6c5c4-c4ccccc4-6)c3)n2)cc1. The van der Waals surface area contributed by atoms with E-state index in [1.54, 1.807) is 6.20 Å². The molecule has 0 aliphatic heterocycles. The molecule has 11 aromatic rings. The Labute approximate surface area is 358 Å². The molecular weight excluding hydrogens is 753 g/mol. The van der Waals surface area contributed by atoms with Crippen molar-refractivity contribution in [1.29, 1.82) is 0 Å². The molecule has 286 valence electrons. The number of nitrogens with zero attached hydrogens (tertiary/aromatic N) is 4. The van der Waals surface area contributed by atoms with Gasteiger partial charge in [0.25, 0.3) is 0 Å². The van der Waals surface area contributed by atoms with Crippen molar-refractivity contribution in [2.24, 2.45) is 0 Å². The summed E-state index contributed by atoms with van der Waals surface area (Å²) < 4.78 is 0. The number of aromatic nitrogens is 4. The lowest BCUT2D eigenvalue weighted by Crippen LogP contribution is -2.01. The number of hydrogen-bond acceptors (Lipinski definition) is 4. The van der Waals surface area contributed by atoms with Crippen LogP contribution in [-0.2, 0) is 0 Å². The molecule has 0 radical (unpaired) electrons. The summed E-state index contributed by atoms with van der Waals surface area (Å²) in [6.07, 6.45) is 3.68. The summed E-state index contributed by atoms with van der Waals surface area (Å²) in [6.45, 7) is 0. The second kappa shape index (κ2) is 13.6. The molecule has 4 heteroatoms. The standard InChI is InChI=1S/C58H34N4/c1-2-11-38(12-3-1)56-60-57(39-24-22-35(23-25-39)40-15-10-30-59-34-40)62-58(61-56)43-32-41(44-28-26-36-13-8-20-48-46-16-4-6-18-50(46)54(44)52(36)48)31-42(33-43)45-29-27-37-14-9-21-49-47-17-5-7-19-51(47)55(45)53(37)49/h1-34H. The maximum atomic E-state index is 5.31. The fourth-order valence-electron chi connectivity index (χ4n) is 9.88. The third-order valence-corrected chi connectivity index (χ3v) is 12.7. The summed E-state index contributed by atoms with van der Waals surface area (Å²) in [7, 11) is 0. The van der Waals surface area contributed by atoms with Crippen molar-refractivity contribution in [2.75, 3.05) is 0 Å². The van der Waals surface area contributed by atoms with Crippen molar-refractivity contribution >= 4 is 21.5 Å². The van der Waals surface area contributed by atoms with Crippen molar-refractivity contribution in [3.63, 3.8) is 0 Å². The van der Waals surface area contributed by atoms with Crippen molar-refractivity contribution in [3.05, 3.63) is 207 Å². The van der Waals surface area contributed by atoms with E-state index in [0.717, 1.165) is 38.9 Å². The van der Waals surface area contributed by atoms with E-state index in [4.69, 9.17) is 15.0 Å². The predicted molar refractivity (Wildman–Crippen MR) is 254 cm³/mol. The molecule has 2 aliphatic carbocycles. The molecular formula is C58H34N4. The van der Waals surface area contributed by atoms with E-state index >= 15 is 0 Å². The Morgan fingerprint density at radius 2 is 0.710 bits per heavy atom. The summed E-state index contributed by atoms with van der Waals surface area (Å²) in [5.74, 6) is 1.86.